The number of ether oxygens (including phenoxy) is 1. The Kier molecular flexibility index (Phi) is 4.64. The Bertz CT molecular complexity index is 386. The Balaban J connectivity index is 3.08. The van der Waals surface area contributed by atoms with E-state index in [-0.39, 0.29) is 0 Å². The molecule has 17 heavy (non-hydrogen) atoms. The predicted octanol–water partition coefficient (Wildman–Crippen LogP) is 0.229. The van der Waals surface area contributed by atoms with Gasteiger partial charge in [-0.05, 0) is 12.1 Å². The molecule has 1 aromatic carbocycles. The molecule has 2 N–H and O–H groups in total. The highest BCUT2D eigenvalue weighted by Gasteiger charge is 2.40. The lowest BCUT2D eigenvalue weighted by atomic mass is 10.3. The lowest BCUT2D eigenvalue weighted by Gasteiger charge is -2.24. The van der Waals surface area contributed by atoms with E-state index in [1.807, 2.05) is 0 Å². The van der Waals surface area contributed by atoms with Crippen molar-refractivity contribution in [3.63, 3.8) is 0 Å². The predicted molar refractivity (Wildman–Crippen MR) is 63.1 cm³/mol. The van der Waals surface area contributed by atoms with Crippen LogP contribution in [0, 0.1) is 0 Å². The molecule has 1 aromatic rings. The van der Waals surface area contributed by atoms with E-state index in [0.29, 0.717) is 10.9 Å². The summed E-state index contributed by atoms with van der Waals surface area (Å²) in [5.74, 6) is 0.318. The average Bonchev–Trinajstić information content (AvgIpc) is 2.32. The Hall–Kier alpha value is -1.41. The van der Waals surface area contributed by atoms with Crippen molar-refractivity contribution in [2.45, 2.75) is 0 Å². The maximum Gasteiger partial charge on any atom is 0.536 e. The molecular weight excluding hydrogens is 242 g/mol. The first-order chi connectivity index (χ1) is 8.07. The molecule has 0 aliphatic heterocycles. The number of hydrogen-bond acceptors (Lipinski definition) is 5. The summed E-state index contributed by atoms with van der Waals surface area (Å²) >= 11 is 0. The minimum atomic E-state index is -2.91. The second-order valence-electron chi connectivity index (χ2n) is 3.12. The van der Waals surface area contributed by atoms with Crippen LogP contribution in [0.1, 0.15) is 0 Å². The van der Waals surface area contributed by atoms with E-state index in [9.17, 15) is 4.79 Å². The van der Waals surface area contributed by atoms with E-state index in [1.54, 1.807) is 24.3 Å². The SMILES string of the molecule is CO[Si](OC)(OC)c1cccc(OC(N)=O)c1. The van der Waals surface area contributed by atoms with Crippen molar-refractivity contribution >= 4 is 20.1 Å². The molecule has 0 aliphatic rings. The number of nitrogens with two attached hydrogens (primary N) is 1. The van der Waals surface area contributed by atoms with Crippen LogP contribution < -0.4 is 15.7 Å². The number of benzene rings is 1. The fourth-order valence-electron chi connectivity index (χ4n) is 1.47. The van der Waals surface area contributed by atoms with E-state index in [1.165, 1.54) is 21.3 Å². The van der Waals surface area contributed by atoms with Gasteiger partial charge in [0, 0.05) is 26.5 Å². The van der Waals surface area contributed by atoms with Crippen LogP contribution in [0.25, 0.3) is 0 Å². The fraction of sp³-hybridized carbons (Fsp3) is 0.300. The van der Waals surface area contributed by atoms with Crippen LogP contribution in [0.2, 0.25) is 0 Å². The zero-order valence-electron chi connectivity index (χ0n) is 9.93. The molecule has 1 amide bonds. The molecule has 1 rings (SSSR count). The number of rotatable bonds is 5. The summed E-state index contributed by atoms with van der Waals surface area (Å²) in [5, 5.41) is 0.684. The van der Waals surface area contributed by atoms with Crippen molar-refractivity contribution in [2.24, 2.45) is 5.73 Å². The van der Waals surface area contributed by atoms with E-state index in [4.69, 9.17) is 23.7 Å². The Labute approximate surface area is 101 Å². The molecule has 0 unspecified atom stereocenters. The van der Waals surface area contributed by atoms with Gasteiger partial charge in [0.1, 0.15) is 5.75 Å². The van der Waals surface area contributed by atoms with Gasteiger partial charge in [0.15, 0.2) is 0 Å². The summed E-state index contributed by atoms with van der Waals surface area (Å²) in [6.45, 7) is 0. The standard InChI is InChI=1S/C10H15NO5Si/c1-13-17(14-2,15-3)9-6-4-5-8(7-9)16-10(11)12/h4-7H,1-3H3,(H2,11,12). The lowest BCUT2D eigenvalue weighted by molar-refractivity contribution is 0.140. The Morgan fingerprint density at radius 1 is 1.18 bits per heavy atom. The van der Waals surface area contributed by atoms with Gasteiger partial charge < -0.3 is 23.7 Å². The van der Waals surface area contributed by atoms with Gasteiger partial charge in [0.2, 0.25) is 0 Å². The zero-order valence-corrected chi connectivity index (χ0v) is 10.9. The summed E-state index contributed by atoms with van der Waals surface area (Å²) in [6.07, 6.45) is -0.873. The molecular formula is C10H15NO5Si. The van der Waals surface area contributed by atoms with Crippen LogP contribution in [-0.4, -0.2) is 36.2 Å². The third-order valence-corrected chi connectivity index (χ3v) is 4.84. The molecule has 0 bridgehead atoms. The summed E-state index contributed by atoms with van der Waals surface area (Å²) in [7, 11) is 1.59. The number of amides is 1. The van der Waals surface area contributed by atoms with Gasteiger partial charge >= 0.3 is 14.9 Å². The van der Waals surface area contributed by atoms with Crippen LogP contribution in [0.4, 0.5) is 4.79 Å². The van der Waals surface area contributed by atoms with Crippen molar-refractivity contribution in [3.05, 3.63) is 24.3 Å². The molecule has 0 heterocycles. The molecule has 0 spiro atoms. The summed E-state index contributed by atoms with van der Waals surface area (Å²) in [6, 6.07) is 6.69. The fourth-order valence-corrected chi connectivity index (χ4v) is 3.30. The van der Waals surface area contributed by atoms with E-state index in [2.05, 4.69) is 0 Å². The van der Waals surface area contributed by atoms with Gasteiger partial charge in [-0.3, -0.25) is 0 Å². The second-order valence-corrected chi connectivity index (χ2v) is 6.03. The quantitative estimate of drug-likeness (QED) is 0.764. The van der Waals surface area contributed by atoms with Crippen LogP contribution in [0.5, 0.6) is 5.75 Å². The molecule has 0 atom stereocenters. The van der Waals surface area contributed by atoms with Gasteiger partial charge in [-0.15, -0.1) is 0 Å². The largest absolute Gasteiger partial charge is 0.536 e. The van der Waals surface area contributed by atoms with Crippen molar-refractivity contribution in [1.82, 2.24) is 0 Å². The van der Waals surface area contributed by atoms with E-state index < -0.39 is 14.9 Å². The van der Waals surface area contributed by atoms with Gasteiger partial charge in [-0.1, -0.05) is 12.1 Å². The maximum atomic E-state index is 10.7. The minimum Gasteiger partial charge on any atom is -0.411 e. The highest BCUT2D eigenvalue weighted by molar-refractivity contribution is 6.75. The van der Waals surface area contributed by atoms with Gasteiger partial charge in [0.25, 0.3) is 0 Å². The molecule has 94 valence electrons. The van der Waals surface area contributed by atoms with Crippen LogP contribution in [-0.2, 0) is 13.3 Å². The molecule has 0 aromatic heterocycles. The highest BCUT2D eigenvalue weighted by Crippen LogP contribution is 2.13. The first kappa shape index (κ1) is 13.7. The third kappa shape index (κ3) is 3.04. The second kappa shape index (κ2) is 5.78. The number of primary amides is 1. The van der Waals surface area contributed by atoms with Crippen molar-refractivity contribution in [1.29, 1.82) is 0 Å². The average molecular weight is 257 g/mol. The van der Waals surface area contributed by atoms with Crippen LogP contribution >= 0.6 is 0 Å². The molecule has 0 saturated heterocycles. The normalized spacial score (nSPS) is 11.2. The summed E-state index contributed by atoms with van der Waals surface area (Å²) < 4.78 is 20.7. The van der Waals surface area contributed by atoms with Crippen molar-refractivity contribution < 1.29 is 22.8 Å². The maximum absolute atomic E-state index is 10.7. The van der Waals surface area contributed by atoms with Crippen molar-refractivity contribution in [3.8, 4) is 5.75 Å². The summed E-state index contributed by atoms with van der Waals surface area (Å²) in [5.41, 5.74) is 4.94. The molecule has 0 aliphatic carbocycles. The molecule has 7 heteroatoms. The van der Waals surface area contributed by atoms with Crippen molar-refractivity contribution in [2.75, 3.05) is 21.3 Å². The topological polar surface area (TPSA) is 80.0 Å². The first-order valence-corrected chi connectivity index (χ1v) is 6.53. The molecule has 0 saturated carbocycles. The zero-order chi connectivity index (χ0) is 12.9. The molecule has 6 nitrogen and oxygen atoms in total. The van der Waals surface area contributed by atoms with Gasteiger partial charge in [-0.25, -0.2) is 4.79 Å². The van der Waals surface area contributed by atoms with E-state index in [0.717, 1.165) is 0 Å². The molecule has 0 radical (unpaired) electrons. The summed E-state index contributed by atoms with van der Waals surface area (Å²) in [4.78, 5) is 10.7. The van der Waals surface area contributed by atoms with E-state index >= 15 is 0 Å². The monoisotopic (exact) mass is 257 g/mol. The number of hydrogen-bond donors (Lipinski definition) is 1. The lowest BCUT2D eigenvalue weighted by Crippen LogP contribution is -2.54. The van der Waals surface area contributed by atoms with Gasteiger partial charge in [0.05, 0.1) is 0 Å². The third-order valence-electron chi connectivity index (χ3n) is 2.21. The Morgan fingerprint density at radius 3 is 2.24 bits per heavy atom. The number of carbonyl (C=O) groups excluding carboxylic acids is 1. The number of carbonyl (C=O) groups is 1. The van der Waals surface area contributed by atoms with Crippen LogP contribution in [0.15, 0.2) is 24.3 Å². The highest BCUT2D eigenvalue weighted by atomic mass is 28.4. The minimum absolute atomic E-state index is 0.318. The van der Waals surface area contributed by atoms with Crippen LogP contribution in [0.3, 0.4) is 0 Å². The van der Waals surface area contributed by atoms with Gasteiger partial charge in [-0.2, -0.15) is 0 Å². The molecule has 0 fully saturated rings. The smallest absolute Gasteiger partial charge is 0.411 e. The Morgan fingerprint density at radius 2 is 1.76 bits per heavy atom. The first-order valence-electron chi connectivity index (χ1n) is 4.81.